The van der Waals surface area contributed by atoms with E-state index in [4.69, 9.17) is 34.0 Å². The highest BCUT2D eigenvalue weighted by molar-refractivity contribution is 6.34. The van der Waals surface area contributed by atoms with Crippen LogP contribution >= 0.6 is 23.2 Å². The van der Waals surface area contributed by atoms with Gasteiger partial charge in [0.05, 0.1) is 11.4 Å². The number of carbonyl (C=O) groups is 1. The average molecular weight is 363 g/mol. The van der Waals surface area contributed by atoms with E-state index in [0.29, 0.717) is 0 Å². The van der Waals surface area contributed by atoms with Crippen LogP contribution in [0.1, 0.15) is 18.7 Å². The monoisotopic (exact) mass is 362 g/mol. The Bertz CT molecular complexity index is 785. The van der Waals surface area contributed by atoms with E-state index in [1.807, 2.05) is 0 Å². The first-order valence-corrected chi connectivity index (χ1v) is 6.97. The first-order valence-electron chi connectivity index (χ1n) is 6.21. The van der Waals surface area contributed by atoms with Crippen LogP contribution in [-0.4, -0.2) is 16.2 Å². The Balaban J connectivity index is 2.65. The van der Waals surface area contributed by atoms with E-state index in [1.54, 1.807) is 0 Å². The van der Waals surface area contributed by atoms with Gasteiger partial charge < -0.3 is 15.6 Å². The van der Waals surface area contributed by atoms with Gasteiger partial charge in [-0.15, -0.1) is 0 Å². The molecule has 0 spiro atoms. The molecule has 0 aliphatic carbocycles. The summed E-state index contributed by atoms with van der Waals surface area (Å²) in [6, 6.07) is 3.79. The number of ether oxygens (including phenoxy) is 1. The van der Waals surface area contributed by atoms with Gasteiger partial charge in [-0.3, -0.25) is 0 Å². The summed E-state index contributed by atoms with van der Waals surface area (Å²) in [6.07, 6.45) is -3.31. The molecule has 0 saturated heterocycles. The number of halogens is 4. The van der Waals surface area contributed by atoms with Crippen molar-refractivity contribution in [1.82, 2.24) is 4.98 Å². The molecule has 2 aromatic rings. The Morgan fingerprint density at radius 2 is 2.09 bits per heavy atom. The summed E-state index contributed by atoms with van der Waals surface area (Å²) in [4.78, 5) is 14.4. The summed E-state index contributed by atoms with van der Waals surface area (Å²) in [5.41, 5.74) is 5.05. The quantitative estimate of drug-likeness (QED) is 0.761. The van der Waals surface area contributed by atoms with E-state index in [2.05, 4.69) is 9.72 Å². The van der Waals surface area contributed by atoms with Gasteiger partial charge in [-0.2, -0.15) is 0 Å². The van der Waals surface area contributed by atoms with Crippen molar-refractivity contribution in [2.45, 2.75) is 13.1 Å². The lowest BCUT2D eigenvalue weighted by Gasteiger charge is -2.13. The molecule has 0 radical (unpaired) electrons. The third kappa shape index (κ3) is 3.46. The Morgan fingerprint density at radius 3 is 2.65 bits per heavy atom. The molecule has 1 aromatic heterocycles. The SMILES string of the molecule is CC(F)c1c(Cl)ccc(-c2cc(N)c(Cl)c(OC(=O)O)n2)c1F. The standard InChI is InChI=1S/C14H10Cl2F2N2O3/c1-5(17)10-7(15)3-2-6(12(10)18)9-4-8(19)11(16)13(20-9)23-14(21)22/h2-5H,1H3,(H2,19,20)(H,21,22). The smallest absolute Gasteiger partial charge is 0.449 e. The van der Waals surface area contributed by atoms with Gasteiger partial charge in [-0.25, -0.2) is 18.6 Å². The van der Waals surface area contributed by atoms with Crippen molar-refractivity contribution in [2.24, 2.45) is 0 Å². The normalized spacial score (nSPS) is 12.0. The van der Waals surface area contributed by atoms with Gasteiger partial charge in [0.15, 0.2) is 0 Å². The van der Waals surface area contributed by atoms with E-state index < -0.39 is 24.0 Å². The molecule has 122 valence electrons. The van der Waals surface area contributed by atoms with Crippen LogP contribution in [-0.2, 0) is 0 Å². The average Bonchev–Trinajstić information content (AvgIpc) is 2.43. The van der Waals surface area contributed by atoms with Crippen molar-refractivity contribution in [2.75, 3.05) is 5.73 Å². The Morgan fingerprint density at radius 1 is 1.43 bits per heavy atom. The fourth-order valence-corrected chi connectivity index (χ4v) is 2.38. The number of alkyl halides is 1. The van der Waals surface area contributed by atoms with Gasteiger partial charge in [-0.1, -0.05) is 23.2 Å². The third-order valence-electron chi connectivity index (χ3n) is 2.94. The minimum Gasteiger partial charge on any atom is -0.449 e. The molecular formula is C14H10Cl2F2N2O3. The summed E-state index contributed by atoms with van der Waals surface area (Å²) in [5.74, 6) is -1.43. The highest BCUT2D eigenvalue weighted by Crippen LogP contribution is 2.37. The number of nitrogens with zero attached hydrogens (tertiary/aromatic N) is 1. The molecular weight excluding hydrogens is 353 g/mol. The molecule has 1 aromatic carbocycles. The van der Waals surface area contributed by atoms with Crippen molar-refractivity contribution in [3.05, 3.63) is 39.6 Å². The molecule has 9 heteroatoms. The second-order valence-electron chi connectivity index (χ2n) is 4.52. The lowest BCUT2D eigenvalue weighted by atomic mass is 10.0. The molecule has 1 atom stereocenters. The highest BCUT2D eigenvalue weighted by atomic mass is 35.5. The second-order valence-corrected chi connectivity index (χ2v) is 5.31. The summed E-state index contributed by atoms with van der Waals surface area (Å²) in [5, 5.41) is 8.34. The molecule has 0 bridgehead atoms. The minimum absolute atomic E-state index is 0.0702. The lowest BCUT2D eigenvalue weighted by Crippen LogP contribution is -2.07. The predicted octanol–water partition coefficient (Wildman–Crippen LogP) is 4.86. The number of aromatic nitrogens is 1. The van der Waals surface area contributed by atoms with Crippen molar-refractivity contribution in [3.8, 4) is 17.1 Å². The number of anilines is 1. The van der Waals surface area contributed by atoms with Crippen LogP contribution in [0.15, 0.2) is 18.2 Å². The van der Waals surface area contributed by atoms with Crippen LogP contribution in [0.4, 0.5) is 19.3 Å². The zero-order valence-electron chi connectivity index (χ0n) is 11.6. The van der Waals surface area contributed by atoms with Crippen molar-refractivity contribution >= 4 is 35.0 Å². The molecule has 0 fully saturated rings. The Kier molecular flexibility index (Phi) is 4.91. The van der Waals surface area contributed by atoms with Gasteiger partial charge >= 0.3 is 6.16 Å². The molecule has 0 amide bonds. The van der Waals surface area contributed by atoms with Gasteiger partial charge in [0.1, 0.15) is 17.0 Å². The minimum atomic E-state index is -1.66. The maximum absolute atomic E-state index is 14.5. The van der Waals surface area contributed by atoms with E-state index >= 15 is 0 Å². The number of nitrogen functional groups attached to an aromatic ring is 1. The third-order valence-corrected chi connectivity index (χ3v) is 3.65. The summed E-state index contributed by atoms with van der Waals surface area (Å²) in [7, 11) is 0. The maximum Gasteiger partial charge on any atom is 0.512 e. The number of carboxylic acid groups (broad SMARTS) is 1. The van der Waals surface area contributed by atoms with E-state index in [9.17, 15) is 13.6 Å². The molecule has 0 aliphatic rings. The fraction of sp³-hybridized carbons (Fsp3) is 0.143. The summed E-state index contributed by atoms with van der Waals surface area (Å²) < 4.78 is 32.5. The summed E-state index contributed by atoms with van der Waals surface area (Å²) in [6.45, 7) is 1.14. The number of hydrogen-bond acceptors (Lipinski definition) is 4. The van der Waals surface area contributed by atoms with Gasteiger partial charge in [-0.05, 0) is 25.1 Å². The van der Waals surface area contributed by atoms with Crippen LogP contribution < -0.4 is 10.5 Å². The number of nitrogens with two attached hydrogens (primary N) is 1. The van der Waals surface area contributed by atoms with Crippen LogP contribution in [0, 0.1) is 5.82 Å². The first kappa shape index (κ1) is 17.2. The van der Waals surface area contributed by atoms with E-state index in [1.165, 1.54) is 18.2 Å². The van der Waals surface area contributed by atoms with Crippen molar-refractivity contribution < 1.29 is 23.4 Å². The number of rotatable bonds is 3. The molecule has 1 unspecified atom stereocenters. The molecule has 23 heavy (non-hydrogen) atoms. The topological polar surface area (TPSA) is 85.4 Å². The zero-order valence-corrected chi connectivity index (χ0v) is 13.1. The molecule has 3 N–H and O–H groups in total. The van der Waals surface area contributed by atoms with E-state index in [0.717, 1.165) is 6.92 Å². The van der Waals surface area contributed by atoms with Crippen LogP contribution in [0.2, 0.25) is 10.0 Å². The number of hydrogen-bond donors (Lipinski definition) is 2. The van der Waals surface area contributed by atoms with Crippen LogP contribution in [0.25, 0.3) is 11.3 Å². The molecule has 5 nitrogen and oxygen atoms in total. The fourth-order valence-electron chi connectivity index (χ4n) is 1.95. The van der Waals surface area contributed by atoms with Gasteiger partial charge in [0.25, 0.3) is 0 Å². The first-order chi connectivity index (χ1) is 10.7. The van der Waals surface area contributed by atoms with Crippen LogP contribution in [0.3, 0.4) is 0 Å². The number of benzene rings is 1. The Hall–Kier alpha value is -2.12. The van der Waals surface area contributed by atoms with Crippen molar-refractivity contribution in [3.63, 3.8) is 0 Å². The van der Waals surface area contributed by atoms with E-state index in [-0.39, 0.29) is 32.6 Å². The molecule has 2 rings (SSSR count). The zero-order chi connectivity index (χ0) is 17.3. The molecule has 0 saturated carbocycles. The maximum atomic E-state index is 14.5. The molecule has 0 aliphatic heterocycles. The van der Waals surface area contributed by atoms with Gasteiger partial charge in [0.2, 0.25) is 5.88 Å². The van der Waals surface area contributed by atoms with Crippen LogP contribution in [0.5, 0.6) is 5.88 Å². The van der Waals surface area contributed by atoms with Gasteiger partial charge in [0, 0.05) is 16.1 Å². The Labute approximate surface area is 139 Å². The largest absolute Gasteiger partial charge is 0.512 e. The van der Waals surface area contributed by atoms with Crippen molar-refractivity contribution in [1.29, 1.82) is 0 Å². The summed E-state index contributed by atoms with van der Waals surface area (Å²) >= 11 is 11.6. The predicted molar refractivity (Wildman–Crippen MR) is 82.2 cm³/mol. The molecule has 1 heterocycles. The lowest BCUT2D eigenvalue weighted by molar-refractivity contribution is 0.142. The second kappa shape index (κ2) is 6.55. The highest BCUT2D eigenvalue weighted by Gasteiger charge is 2.21. The number of pyridine rings is 1.